The molecule has 0 radical (unpaired) electrons. The Kier molecular flexibility index (Phi) is 3.81. The SMILES string of the molecule is C#CCc1ccnc(OC)c1B1OC(C)(C)C(C)(C)O1. The Bertz CT molecular complexity index is 533. The third-order valence-corrected chi connectivity index (χ3v) is 4.02. The summed E-state index contributed by atoms with van der Waals surface area (Å²) in [6, 6.07) is 1.88. The topological polar surface area (TPSA) is 40.6 Å². The highest BCUT2D eigenvalue weighted by Gasteiger charge is 2.53. The summed E-state index contributed by atoms with van der Waals surface area (Å²) in [5, 5.41) is 0. The van der Waals surface area contributed by atoms with E-state index in [9.17, 15) is 0 Å². The van der Waals surface area contributed by atoms with E-state index in [4.69, 9.17) is 20.5 Å². The van der Waals surface area contributed by atoms with Gasteiger partial charge in [0.05, 0.1) is 18.3 Å². The summed E-state index contributed by atoms with van der Waals surface area (Å²) in [4.78, 5) is 4.23. The second kappa shape index (κ2) is 5.12. The minimum Gasteiger partial charge on any atom is -0.481 e. The fourth-order valence-corrected chi connectivity index (χ4v) is 2.13. The van der Waals surface area contributed by atoms with E-state index in [1.54, 1.807) is 13.3 Å². The molecule has 0 unspecified atom stereocenters. The second-order valence-corrected chi connectivity index (χ2v) is 5.86. The number of terminal acetylenes is 1. The molecule has 0 aliphatic carbocycles. The van der Waals surface area contributed by atoms with E-state index in [2.05, 4.69) is 10.9 Å². The van der Waals surface area contributed by atoms with E-state index in [-0.39, 0.29) is 0 Å². The molecule has 2 heterocycles. The zero-order chi connectivity index (χ0) is 15.0. The number of rotatable bonds is 3. The van der Waals surface area contributed by atoms with E-state index in [1.165, 1.54) is 0 Å². The molecule has 5 heteroatoms. The highest BCUT2D eigenvalue weighted by Crippen LogP contribution is 2.37. The average molecular weight is 273 g/mol. The van der Waals surface area contributed by atoms with Gasteiger partial charge < -0.3 is 14.0 Å². The quantitative estimate of drug-likeness (QED) is 0.619. The summed E-state index contributed by atoms with van der Waals surface area (Å²) < 4.78 is 17.5. The van der Waals surface area contributed by atoms with Crippen molar-refractivity contribution in [2.75, 3.05) is 7.11 Å². The predicted molar refractivity (Wildman–Crippen MR) is 79.0 cm³/mol. The van der Waals surface area contributed by atoms with Gasteiger partial charge in [0, 0.05) is 18.1 Å². The van der Waals surface area contributed by atoms with Gasteiger partial charge in [0.2, 0.25) is 5.88 Å². The van der Waals surface area contributed by atoms with Crippen LogP contribution in [0.3, 0.4) is 0 Å². The molecule has 106 valence electrons. The number of aromatic nitrogens is 1. The largest absolute Gasteiger partial charge is 0.500 e. The van der Waals surface area contributed by atoms with Gasteiger partial charge >= 0.3 is 7.12 Å². The number of pyridine rings is 1. The second-order valence-electron chi connectivity index (χ2n) is 5.86. The van der Waals surface area contributed by atoms with Crippen molar-refractivity contribution in [2.24, 2.45) is 0 Å². The molecule has 0 bridgehead atoms. The molecule has 0 saturated carbocycles. The Labute approximate surface area is 121 Å². The number of methoxy groups -OCH3 is 1. The molecule has 1 aliphatic rings. The summed E-state index contributed by atoms with van der Waals surface area (Å²) in [6.07, 6.45) is 7.60. The zero-order valence-electron chi connectivity index (χ0n) is 12.7. The normalized spacial score (nSPS) is 19.7. The lowest BCUT2D eigenvalue weighted by molar-refractivity contribution is 0.00578. The first-order chi connectivity index (χ1) is 9.32. The molecule has 1 saturated heterocycles. The molecule has 20 heavy (non-hydrogen) atoms. The monoisotopic (exact) mass is 273 g/mol. The molecule has 1 aliphatic heterocycles. The van der Waals surface area contributed by atoms with Gasteiger partial charge in [0.15, 0.2) is 0 Å². The Morgan fingerprint density at radius 3 is 2.40 bits per heavy atom. The molecule has 1 aromatic rings. The Balaban J connectivity index is 2.46. The highest BCUT2D eigenvalue weighted by molar-refractivity contribution is 6.63. The summed E-state index contributed by atoms with van der Waals surface area (Å²) in [5.41, 5.74) is 0.905. The fourth-order valence-electron chi connectivity index (χ4n) is 2.13. The minimum atomic E-state index is -0.521. The molecule has 2 rings (SSSR count). The van der Waals surface area contributed by atoms with Crippen molar-refractivity contribution in [2.45, 2.75) is 45.3 Å². The van der Waals surface area contributed by atoms with Crippen molar-refractivity contribution in [1.29, 1.82) is 0 Å². The number of hydrogen-bond donors (Lipinski definition) is 0. The standard InChI is InChI=1S/C15H20BNO3/c1-7-8-11-9-10-17-13(18-6)12(11)16-19-14(2,3)15(4,5)20-16/h1,9-10H,8H2,2-6H3. The van der Waals surface area contributed by atoms with Crippen LogP contribution in [0.25, 0.3) is 0 Å². The third-order valence-electron chi connectivity index (χ3n) is 4.02. The average Bonchev–Trinajstić information content (AvgIpc) is 2.58. The summed E-state index contributed by atoms with van der Waals surface area (Å²) in [7, 11) is 1.06. The van der Waals surface area contributed by atoms with E-state index in [0.29, 0.717) is 12.3 Å². The maximum Gasteiger partial charge on any atom is 0.500 e. The van der Waals surface area contributed by atoms with Crippen LogP contribution in [0.5, 0.6) is 5.88 Å². The van der Waals surface area contributed by atoms with E-state index in [1.807, 2.05) is 33.8 Å². The summed E-state index contributed by atoms with van der Waals surface area (Å²) in [5.74, 6) is 3.14. The van der Waals surface area contributed by atoms with Crippen LogP contribution in [-0.2, 0) is 15.7 Å². The molecule has 0 atom stereocenters. The van der Waals surface area contributed by atoms with Gasteiger partial charge in [-0.2, -0.15) is 0 Å². The van der Waals surface area contributed by atoms with Crippen LogP contribution >= 0.6 is 0 Å². The first-order valence-corrected chi connectivity index (χ1v) is 6.63. The van der Waals surface area contributed by atoms with E-state index >= 15 is 0 Å². The number of ether oxygens (including phenoxy) is 1. The van der Waals surface area contributed by atoms with Crippen molar-refractivity contribution in [3.63, 3.8) is 0 Å². The first kappa shape index (κ1) is 14.9. The van der Waals surface area contributed by atoms with Crippen LogP contribution in [0, 0.1) is 12.3 Å². The summed E-state index contributed by atoms with van der Waals surface area (Å²) >= 11 is 0. The van der Waals surface area contributed by atoms with E-state index < -0.39 is 18.3 Å². The van der Waals surface area contributed by atoms with Crippen LogP contribution in [-0.4, -0.2) is 30.4 Å². The number of hydrogen-bond acceptors (Lipinski definition) is 4. The van der Waals surface area contributed by atoms with Crippen molar-refractivity contribution >= 4 is 12.6 Å². The van der Waals surface area contributed by atoms with Crippen LogP contribution in [0.15, 0.2) is 12.3 Å². The lowest BCUT2D eigenvalue weighted by atomic mass is 9.76. The van der Waals surface area contributed by atoms with Crippen LogP contribution < -0.4 is 10.2 Å². The van der Waals surface area contributed by atoms with Gasteiger partial charge in [-0.05, 0) is 39.3 Å². The molecular formula is C15H20BNO3. The molecule has 0 aromatic carbocycles. The minimum absolute atomic E-state index is 0.411. The van der Waals surface area contributed by atoms with Crippen LogP contribution in [0.4, 0.5) is 0 Å². The lowest BCUT2D eigenvalue weighted by Gasteiger charge is -2.32. The van der Waals surface area contributed by atoms with Gasteiger partial charge in [-0.3, -0.25) is 0 Å². The lowest BCUT2D eigenvalue weighted by Crippen LogP contribution is -2.41. The molecule has 0 amide bonds. The molecule has 1 aromatic heterocycles. The van der Waals surface area contributed by atoms with E-state index in [0.717, 1.165) is 11.0 Å². The van der Waals surface area contributed by atoms with Gasteiger partial charge in [0.1, 0.15) is 0 Å². The van der Waals surface area contributed by atoms with Crippen molar-refractivity contribution in [3.8, 4) is 18.2 Å². The predicted octanol–water partition coefficient (Wildman–Crippen LogP) is 1.57. The molecule has 0 N–H and O–H groups in total. The first-order valence-electron chi connectivity index (χ1n) is 6.63. The maximum atomic E-state index is 6.07. The van der Waals surface area contributed by atoms with Crippen molar-refractivity contribution in [3.05, 3.63) is 17.8 Å². The van der Waals surface area contributed by atoms with Crippen LogP contribution in [0.2, 0.25) is 0 Å². The summed E-state index contributed by atoms with van der Waals surface area (Å²) in [6.45, 7) is 8.04. The number of nitrogens with zero attached hydrogens (tertiary/aromatic N) is 1. The molecule has 4 nitrogen and oxygen atoms in total. The zero-order valence-corrected chi connectivity index (χ0v) is 12.7. The molecular weight excluding hydrogens is 253 g/mol. The smallest absolute Gasteiger partial charge is 0.481 e. The van der Waals surface area contributed by atoms with Gasteiger partial charge in [-0.15, -0.1) is 12.3 Å². The van der Waals surface area contributed by atoms with Crippen molar-refractivity contribution < 1.29 is 14.0 Å². The van der Waals surface area contributed by atoms with Crippen LogP contribution in [0.1, 0.15) is 33.3 Å². The Morgan fingerprint density at radius 1 is 1.30 bits per heavy atom. The molecule has 1 fully saturated rings. The molecule has 0 spiro atoms. The Morgan fingerprint density at radius 2 is 1.90 bits per heavy atom. The maximum absolute atomic E-state index is 6.07. The highest BCUT2D eigenvalue weighted by atomic mass is 16.7. The van der Waals surface area contributed by atoms with Crippen molar-refractivity contribution in [1.82, 2.24) is 4.98 Å². The van der Waals surface area contributed by atoms with Gasteiger partial charge in [-0.1, -0.05) is 0 Å². The van der Waals surface area contributed by atoms with Gasteiger partial charge in [-0.25, -0.2) is 4.98 Å². The van der Waals surface area contributed by atoms with Gasteiger partial charge in [0.25, 0.3) is 0 Å². The fraction of sp³-hybridized carbons (Fsp3) is 0.533. The Hall–Kier alpha value is -1.51. The third kappa shape index (κ3) is 2.42.